The zero-order valence-corrected chi connectivity index (χ0v) is 20.4. The number of aliphatic hydroxyl groups is 1. The molecule has 1 aliphatic rings. The summed E-state index contributed by atoms with van der Waals surface area (Å²) in [6.07, 6.45) is -0.412. The van der Waals surface area contributed by atoms with Gasteiger partial charge in [-0.05, 0) is 61.1 Å². The number of halogens is 1. The van der Waals surface area contributed by atoms with Gasteiger partial charge in [-0.25, -0.2) is 4.79 Å². The average Bonchev–Trinajstić information content (AvgIpc) is 3.20. The lowest BCUT2D eigenvalue weighted by atomic mass is 10.2. The molecule has 184 valence electrons. The highest BCUT2D eigenvalue weighted by Crippen LogP contribution is 2.27. The van der Waals surface area contributed by atoms with Crippen molar-refractivity contribution >= 4 is 34.6 Å². The van der Waals surface area contributed by atoms with Crippen molar-refractivity contribution in [2.45, 2.75) is 38.4 Å². The van der Waals surface area contributed by atoms with Crippen molar-refractivity contribution in [1.29, 1.82) is 0 Å². The maximum atomic E-state index is 12.1. The Morgan fingerprint density at radius 2 is 2.06 bits per heavy atom. The van der Waals surface area contributed by atoms with E-state index in [1.807, 2.05) is 48.5 Å². The van der Waals surface area contributed by atoms with Gasteiger partial charge in [0.25, 0.3) is 5.56 Å². The summed E-state index contributed by atoms with van der Waals surface area (Å²) in [5.74, 6) is 0.704. The van der Waals surface area contributed by atoms with Gasteiger partial charge in [-0.3, -0.25) is 14.3 Å². The van der Waals surface area contributed by atoms with Crippen LogP contribution in [0.25, 0.3) is 0 Å². The van der Waals surface area contributed by atoms with E-state index in [1.165, 1.54) is 10.8 Å². The quantitative estimate of drug-likeness (QED) is 0.354. The first kappa shape index (κ1) is 24.9. The molecule has 3 aromatic rings. The molecule has 9 nitrogen and oxygen atoms in total. The molecule has 4 rings (SSSR count). The SMILES string of the molecule is Cc1cn([C@@H]2C[C@H](O)[C@@H](CNC(=S)Nc3ccc(OCc4cccc(Cl)c4)cc3)O2)c(=O)[nH]c1=O. The van der Waals surface area contributed by atoms with Gasteiger partial charge in [-0.2, -0.15) is 0 Å². The minimum absolute atomic E-state index is 0.217. The van der Waals surface area contributed by atoms with Crippen molar-refractivity contribution < 1.29 is 14.6 Å². The normalized spacial score (nSPS) is 19.3. The molecule has 1 aromatic heterocycles. The van der Waals surface area contributed by atoms with Crippen LogP contribution in [0.15, 0.2) is 64.3 Å². The molecule has 4 N–H and O–H groups in total. The molecule has 11 heteroatoms. The predicted octanol–water partition coefficient (Wildman–Crippen LogP) is 2.71. The van der Waals surface area contributed by atoms with E-state index in [1.54, 1.807) is 6.92 Å². The van der Waals surface area contributed by atoms with E-state index in [4.69, 9.17) is 33.3 Å². The van der Waals surface area contributed by atoms with E-state index in [0.29, 0.717) is 28.1 Å². The Hall–Kier alpha value is -3.18. The predicted molar refractivity (Wildman–Crippen MR) is 137 cm³/mol. The minimum atomic E-state index is -0.801. The third-order valence-electron chi connectivity index (χ3n) is 5.53. The second-order valence-corrected chi connectivity index (χ2v) is 9.03. The Labute approximate surface area is 211 Å². The number of aliphatic hydroxyl groups excluding tert-OH is 1. The Morgan fingerprint density at radius 3 is 2.80 bits per heavy atom. The minimum Gasteiger partial charge on any atom is -0.489 e. The zero-order valence-electron chi connectivity index (χ0n) is 18.9. The highest BCUT2D eigenvalue weighted by molar-refractivity contribution is 7.80. The molecule has 0 bridgehead atoms. The van der Waals surface area contributed by atoms with Gasteiger partial charge in [0.2, 0.25) is 0 Å². The number of anilines is 1. The van der Waals surface area contributed by atoms with Crippen LogP contribution in [0.2, 0.25) is 5.02 Å². The van der Waals surface area contributed by atoms with Gasteiger partial charge in [0.05, 0.1) is 6.10 Å². The van der Waals surface area contributed by atoms with E-state index in [2.05, 4.69) is 15.6 Å². The van der Waals surface area contributed by atoms with E-state index in [0.717, 1.165) is 11.3 Å². The Morgan fingerprint density at radius 1 is 1.29 bits per heavy atom. The molecule has 0 saturated carbocycles. The maximum absolute atomic E-state index is 12.1. The number of aromatic amines is 1. The van der Waals surface area contributed by atoms with Crippen molar-refractivity contribution in [1.82, 2.24) is 14.9 Å². The molecular weight excluding hydrogens is 492 g/mol. The first-order chi connectivity index (χ1) is 16.8. The zero-order chi connectivity index (χ0) is 24.9. The lowest BCUT2D eigenvalue weighted by molar-refractivity contribution is -0.0172. The van der Waals surface area contributed by atoms with Gasteiger partial charge in [0, 0.05) is 35.4 Å². The topological polar surface area (TPSA) is 118 Å². The van der Waals surface area contributed by atoms with Crippen LogP contribution in [0.3, 0.4) is 0 Å². The van der Waals surface area contributed by atoms with Crippen LogP contribution in [-0.2, 0) is 11.3 Å². The number of nitrogens with zero attached hydrogens (tertiary/aromatic N) is 1. The molecule has 3 atom stereocenters. The molecule has 0 spiro atoms. The second-order valence-electron chi connectivity index (χ2n) is 8.19. The van der Waals surface area contributed by atoms with Crippen molar-refractivity contribution in [3.8, 4) is 5.75 Å². The van der Waals surface area contributed by atoms with Crippen molar-refractivity contribution in [3.63, 3.8) is 0 Å². The summed E-state index contributed by atoms with van der Waals surface area (Å²) in [6.45, 7) is 2.24. The van der Waals surface area contributed by atoms with Crippen LogP contribution < -0.4 is 26.6 Å². The first-order valence-electron chi connectivity index (χ1n) is 11.0. The molecule has 0 amide bonds. The van der Waals surface area contributed by atoms with Crippen molar-refractivity contribution in [2.75, 3.05) is 11.9 Å². The van der Waals surface area contributed by atoms with E-state index >= 15 is 0 Å². The van der Waals surface area contributed by atoms with Crippen LogP contribution in [-0.4, -0.2) is 38.5 Å². The van der Waals surface area contributed by atoms with Gasteiger partial charge in [0.15, 0.2) is 5.11 Å². The smallest absolute Gasteiger partial charge is 0.330 e. The number of aryl methyl sites for hydroxylation is 1. The average molecular weight is 517 g/mol. The van der Waals surface area contributed by atoms with Gasteiger partial charge in [-0.1, -0.05) is 23.7 Å². The fraction of sp³-hybridized carbons (Fsp3) is 0.292. The Balaban J connectivity index is 1.25. The number of nitrogens with one attached hydrogen (secondary N) is 3. The number of thiocarbonyl (C=S) groups is 1. The number of ether oxygens (including phenoxy) is 2. The Bertz CT molecular complexity index is 1310. The molecule has 1 saturated heterocycles. The van der Waals surface area contributed by atoms with Crippen LogP contribution in [0.1, 0.15) is 23.8 Å². The third kappa shape index (κ3) is 6.49. The number of benzene rings is 2. The molecular formula is C24H25ClN4O5S. The number of rotatable bonds is 7. The number of hydrogen-bond donors (Lipinski definition) is 4. The van der Waals surface area contributed by atoms with Crippen LogP contribution in [0.4, 0.5) is 5.69 Å². The lowest BCUT2D eigenvalue weighted by Gasteiger charge is -2.18. The number of H-pyrrole nitrogens is 1. The molecule has 0 unspecified atom stereocenters. The largest absolute Gasteiger partial charge is 0.489 e. The van der Waals surface area contributed by atoms with Crippen LogP contribution in [0, 0.1) is 6.92 Å². The van der Waals surface area contributed by atoms with Gasteiger partial charge in [0.1, 0.15) is 24.7 Å². The van der Waals surface area contributed by atoms with Crippen molar-refractivity contribution in [2.24, 2.45) is 0 Å². The van der Waals surface area contributed by atoms with Crippen molar-refractivity contribution in [3.05, 3.63) is 91.7 Å². The maximum Gasteiger partial charge on any atom is 0.330 e. The summed E-state index contributed by atoms with van der Waals surface area (Å²) in [5.41, 5.74) is 1.10. The molecule has 2 heterocycles. The standard InChI is InChI=1S/C24H25ClN4O5S/c1-14-12-29(24(32)28-22(14)31)21-10-19(30)20(34-21)11-26-23(35)27-17-5-7-18(8-6-17)33-13-15-3-2-4-16(25)9-15/h2-9,12,19-21,30H,10-11,13H2,1H3,(H2,26,27,35)(H,28,31,32)/t19-,20+,21-/m0/s1. The third-order valence-corrected chi connectivity index (χ3v) is 6.01. The van der Waals surface area contributed by atoms with Crippen LogP contribution in [0.5, 0.6) is 5.75 Å². The highest BCUT2D eigenvalue weighted by Gasteiger charge is 2.35. The molecule has 35 heavy (non-hydrogen) atoms. The summed E-state index contributed by atoms with van der Waals surface area (Å²) in [7, 11) is 0. The highest BCUT2D eigenvalue weighted by atomic mass is 35.5. The molecule has 1 aliphatic heterocycles. The fourth-order valence-corrected chi connectivity index (χ4v) is 4.08. The molecule has 1 fully saturated rings. The molecule has 0 radical (unpaired) electrons. The number of aromatic nitrogens is 2. The summed E-state index contributed by atoms with van der Waals surface area (Å²) in [6, 6.07) is 14.8. The molecule has 2 aromatic carbocycles. The number of hydrogen-bond acceptors (Lipinski definition) is 6. The van der Waals surface area contributed by atoms with Gasteiger partial charge < -0.3 is 25.2 Å². The van der Waals surface area contributed by atoms with E-state index in [-0.39, 0.29) is 13.0 Å². The summed E-state index contributed by atoms with van der Waals surface area (Å²) in [5, 5.41) is 17.5. The Kier molecular flexibility index (Phi) is 7.86. The monoisotopic (exact) mass is 516 g/mol. The van der Waals surface area contributed by atoms with Crippen LogP contribution >= 0.6 is 23.8 Å². The second kappa shape index (κ2) is 11.0. The summed E-state index contributed by atoms with van der Waals surface area (Å²) in [4.78, 5) is 25.9. The fourth-order valence-electron chi connectivity index (χ4n) is 3.67. The van der Waals surface area contributed by atoms with E-state index < -0.39 is 29.7 Å². The summed E-state index contributed by atoms with van der Waals surface area (Å²) < 4.78 is 12.9. The lowest BCUT2D eigenvalue weighted by Crippen LogP contribution is -2.39. The first-order valence-corrected chi connectivity index (χ1v) is 11.7. The molecule has 0 aliphatic carbocycles. The van der Waals surface area contributed by atoms with Gasteiger partial charge in [-0.15, -0.1) is 0 Å². The van der Waals surface area contributed by atoms with E-state index in [9.17, 15) is 14.7 Å². The van der Waals surface area contributed by atoms with Gasteiger partial charge >= 0.3 is 5.69 Å². The summed E-state index contributed by atoms with van der Waals surface area (Å²) >= 11 is 11.3.